The van der Waals surface area contributed by atoms with Crippen LogP contribution in [0.3, 0.4) is 0 Å². The van der Waals surface area contributed by atoms with Crippen molar-refractivity contribution >= 4 is 5.91 Å². The van der Waals surface area contributed by atoms with Gasteiger partial charge in [0.2, 0.25) is 5.91 Å². The first-order valence-corrected chi connectivity index (χ1v) is 5.63. The fourth-order valence-electron chi connectivity index (χ4n) is 2.74. The molecule has 2 nitrogen and oxygen atoms in total. The first-order valence-electron chi connectivity index (χ1n) is 5.63. The largest absolute Gasteiger partial charge is 0.356 e. The third-order valence-corrected chi connectivity index (χ3v) is 3.58. The van der Waals surface area contributed by atoms with Gasteiger partial charge in [0, 0.05) is 13.0 Å². The summed E-state index contributed by atoms with van der Waals surface area (Å²) in [5.41, 5.74) is 0. The van der Waals surface area contributed by atoms with E-state index in [1.165, 1.54) is 38.5 Å². The van der Waals surface area contributed by atoms with Crippen LogP contribution in [-0.2, 0) is 4.79 Å². The average molecular weight is 181 g/mol. The molecule has 13 heavy (non-hydrogen) atoms. The number of hydrogen-bond donors (Lipinski definition) is 1. The Hall–Kier alpha value is -0.530. The number of amides is 1. The monoisotopic (exact) mass is 181 g/mol. The Morgan fingerprint density at radius 2 is 1.69 bits per heavy atom. The van der Waals surface area contributed by atoms with Crippen LogP contribution in [0.1, 0.15) is 44.9 Å². The van der Waals surface area contributed by atoms with Crippen molar-refractivity contribution in [1.82, 2.24) is 5.32 Å². The maximum Gasteiger partial charge on any atom is 0.220 e. The number of carbonyl (C=O) groups excluding carboxylic acids is 1. The Morgan fingerprint density at radius 3 is 2.23 bits per heavy atom. The summed E-state index contributed by atoms with van der Waals surface area (Å²) in [4.78, 5) is 11.1. The highest BCUT2D eigenvalue weighted by atomic mass is 16.1. The minimum Gasteiger partial charge on any atom is -0.356 e. The van der Waals surface area contributed by atoms with Gasteiger partial charge in [-0.1, -0.05) is 38.5 Å². The van der Waals surface area contributed by atoms with E-state index in [-0.39, 0.29) is 5.91 Å². The molecule has 0 aromatic heterocycles. The molecule has 1 heterocycles. The number of rotatable bonds is 1. The maximum absolute atomic E-state index is 11.1. The molecule has 1 aliphatic carbocycles. The lowest BCUT2D eigenvalue weighted by atomic mass is 9.85. The molecule has 0 bridgehead atoms. The van der Waals surface area contributed by atoms with E-state index in [2.05, 4.69) is 5.32 Å². The van der Waals surface area contributed by atoms with Crippen LogP contribution >= 0.6 is 0 Å². The minimum absolute atomic E-state index is 0.272. The lowest BCUT2D eigenvalue weighted by molar-refractivity contribution is -0.119. The highest BCUT2D eigenvalue weighted by Gasteiger charge is 2.29. The Balaban J connectivity index is 1.87. The molecule has 0 aromatic carbocycles. The topological polar surface area (TPSA) is 29.1 Å². The number of nitrogens with one attached hydrogen (secondary N) is 1. The molecule has 2 aliphatic rings. The van der Waals surface area contributed by atoms with Gasteiger partial charge in [-0.25, -0.2) is 0 Å². The number of hydrogen-bond acceptors (Lipinski definition) is 1. The Morgan fingerprint density at radius 1 is 1.00 bits per heavy atom. The van der Waals surface area contributed by atoms with Crippen molar-refractivity contribution in [2.75, 3.05) is 6.54 Å². The lowest BCUT2D eigenvalue weighted by Crippen LogP contribution is -2.18. The summed E-state index contributed by atoms with van der Waals surface area (Å²) in [5, 5.41) is 2.95. The molecule has 0 spiro atoms. The molecule has 1 saturated heterocycles. The summed E-state index contributed by atoms with van der Waals surface area (Å²) < 4.78 is 0. The summed E-state index contributed by atoms with van der Waals surface area (Å²) >= 11 is 0. The maximum atomic E-state index is 11.1. The van der Waals surface area contributed by atoms with Gasteiger partial charge in [0.25, 0.3) is 0 Å². The quantitative estimate of drug-likeness (QED) is 0.617. The van der Waals surface area contributed by atoms with Crippen LogP contribution in [0, 0.1) is 11.8 Å². The predicted molar refractivity (Wildman–Crippen MR) is 52.3 cm³/mol. The molecule has 1 N–H and O–H groups in total. The van der Waals surface area contributed by atoms with Crippen molar-refractivity contribution in [3.8, 4) is 0 Å². The molecule has 1 aliphatic heterocycles. The molecule has 1 atom stereocenters. The smallest absolute Gasteiger partial charge is 0.220 e. The molecule has 0 aromatic rings. The van der Waals surface area contributed by atoms with Crippen LogP contribution in [0.15, 0.2) is 0 Å². The lowest BCUT2D eigenvalue weighted by Gasteiger charge is -2.19. The molecule has 2 fully saturated rings. The van der Waals surface area contributed by atoms with Gasteiger partial charge < -0.3 is 5.32 Å². The SMILES string of the molecule is O=C1CC(C2CCCCCC2)CN1. The van der Waals surface area contributed by atoms with Crippen LogP contribution in [0.25, 0.3) is 0 Å². The van der Waals surface area contributed by atoms with Crippen LogP contribution in [-0.4, -0.2) is 12.5 Å². The summed E-state index contributed by atoms with van der Waals surface area (Å²) in [6.07, 6.45) is 9.10. The third-order valence-electron chi connectivity index (χ3n) is 3.58. The molecule has 2 heteroatoms. The van der Waals surface area contributed by atoms with Gasteiger partial charge >= 0.3 is 0 Å². The standard InChI is InChI=1S/C11H19NO/c13-11-7-10(8-12-11)9-5-3-1-2-4-6-9/h9-10H,1-8H2,(H,12,13). The highest BCUT2D eigenvalue weighted by Crippen LogP contribution is 2.32. The van der Waals surface area contributed by atoms with Crippen LogP contribution in [0.4, 0.5) is 0 Å². The van der Waals surface area contributed by atoms with Crippen molar-refractivity contribution in [2.24, 2.45) is 11.8 Å². The van der Waals surface area contributed by atoms with E-state index in [4.69, 9.17) is 0 Å². The Labute approximate surface area is 80.1 Å². The molecule has 1 unspecified atom stereocenters. The predicted octanol–water partition coefficient (Wildman–Crippen LogP) is 2.09. The Kier molecular flexibility index (Phi) is 2.87. The molecular formula is C11H19NO. The van der Waals surface area contributed by atoms with Gasteiger partial charge in [0.05, 0.1) is 0 Å². The van der Waals surface area contributed by atoms with Crippen molar-refractivity contribution < 1.29 is 4.79 Å². The van der Waals surface area contributed by atoms with Crippen LogP contribution in [0.5, 0.6) is 0 Å². The van der Waals surface area contributed by atoms with E-state index >= 15 is 0 Å². The molecule has 0 radical (unpaired) electrons. The molecule has 1 amide bonds. The fraction of sp³-hybridized carbons (Fsp3) is 0.909. The fourth-order valence-corrected chi connectivity index (χ4v) is 2.74. The summed E-state index contributed by atoms with van der Waals surface area (Å²) in [5.74, 6) is 1.77. The summed E-state index contributed by atoms with van der Waals surface area (Å²) in [6, 6.07) is 0. The molecule has 1 saturated carbocycles. The van der Waals surface area contributed by atoms with Crippen molar-refractivity contribution in [1.29, 1.82) is 0 Å². The van der Waals surface area contributed by atoms with Gasteiger partial charge in [-0.2, -0.15) is 0 Å². The minimum atomic E-state index is 0.272. The zero-order valence-electron chi connectivity index (χ0n) is 8.22. The van der Waals surface area contributed by atoms with Gasteiger partial charge in [-0.05, 0) is 11.8 Å². The molecular weight excluding hydrogens is 162 g/mol. The first-order chi connectivity index (χ1) is 6.36. The second kappa shape index (κ2) is 4.12. The van der Waals surface area contributed by atoms with Crippen molar-refractivity contribution in [2.45, 2.75) is 44.9 Å². The number of carbonyl (C=O) groups is 1. The van der Waals surface area contributed by atoms with E-state index in [0.717, 1.165) is 18.9 Å². The zero-order valence-corrected chi connectivity index (χ0v) is 8.22. The summed E-state index contributed by atoms with van der Waals surface area (Å²) in [6.45, 7) is 0.948. The first kappa shape index (κ1) is 9.04. The third kappa shape index (κ3) is 2.23. The molecule has 74 valence electrons. The Bertz CT molecular complexity index is 183. The van der Waals surface area contributed by atoms with Crippen LogP contribution in [0.2, 0.25) is 0 Å². The van der Waals surface area contributed by atoms with E-state index in [1.54, 1.807) is 0 Å². The molecule has 2 rings (SSSR count). The summed E-state index contributed by atoms with van der Waals surface area (Å²) in [7, 11) is 0. The average Bonchev–Trinajstić information content (AvgIpc) is 2.43. The van der Waals surface area contributed by atoms with Gasteiger partial charge in [-0.3, -0.25) is 4.79 Å². The van der Waals surface area contributed by atoms with Gasteiger partial charge in [0.1, 0.15) is 0 Å². The normalized spacial score (nSPS) is 31.4. The van der Waals surface area contributed by atoms with E-state index in [1.807, 2.05) is 0 Å². The van der Waals surface area contributed by atoms with Crippen molar-refractivity contribution in [3.05, 3.63) is 0 Å². The second-order valence-corrected chi connectivity index (χ2v) is 4.52. The van der Waals surface area contributed by atoms with Gasteiger partial charge in [0.15, 0.2) is 0 Å². The van der Waals surface area contributed by atoms with E-state index in [9.17, 15) is 4.79 Å². The van der Waals surface area contributed by atoms with E-state index in [0.29, 0.717) is 5.92 Å². The van der Waals surface area contributed by atoms with Crippen LogP contribution < -0.4 is 5.32 Å². The van der Waals surface area contributed by atoms with Gasteiger partial charge in [-0.15, -0.1) is 0 Å². The second-order valence-electron chi connectivity index (χ2n) is 4.52. The van der Waals surface area contributed by atoms with Crippen molar-refractivity contribution in [3.63, 3.8) is 0 Å². The van der Waals surface area contributed by atoms with E-state index < -0.39 is 0 Å². The zero-order chi connectivity index (χ0) is 9.10. The highest BCUT2D eigenvalue weighted by molar-refractivity contribution is 5.78.